The minimum atomic E-state index is -1.89. The van der Waals surface area contributed by atoms with Crippen LogP contribution in [0.3, 0.4) is 0 Å². The number of hydrogen-bond donors (Lipinski definition) is 0. The monoisotopic (exact) mass is 224 g/mol. The van der Waals surface area contributed by atoms with Crippen molar-refractivity contribution in [2.75, 3.05) is 13.2 Å². The average molecular weight is 225 g/mol. The summed E-state index contributed by atoms with van der Waals surface area (Å²) >= 11 is 5.79. The molecule has 0 radical (unpaired) electrons. The predicted molar refractivity (Wildman–Crippen MR) is 59.6 cm³/mol. The van der Waals surface area contributed by atoms with Crippen LogP contribution in [-0.4, -0.2) is 27.2 Å². The Balaban J connectivity index is 3.54. The summed E-state index contributed by atoms with van der Waals surface area (Å²) in [6, 6.07) is 0. The molecule has 0 heterocycles. The fourth-order valence-corrected chi connectivity index (χ4v) is 2.36. The fourth-order valence-electron chi connectivity index (χ4n) is 0.819. The van der Waals surface area contributed by atoms with Gasteiger partial charge in [-0.1, -0.05) is 13.3 Å². The molecule has 0 aliphatic heterocycles. The maximum atomic E-state index is 5.79. The van der Waals surface area contributed by atoms with Crippen molar-refractivity contribution in [2.24, 2.45) is 0 Å². The molecule has 0 saturated heterocycles. The first kappa shape index (κ1) is 13.4. The lowest BCUT2D eigenvalue weighted by atomic mass is 10.4. The van der Waals surface area contributed by atoms with Gasteiger partial charge < -0.3 is 8.85 Å². The van der Waals surface area contributed by atoms with Crippen molar-refractivity contribution < 1.29 is 8.85 Å². The highest BCUT2D eigenvalue weighted by atomic mass is 35.5. The molecule has 0 aromatic rings. The van der Waals surface area contributed by atoms with Crippen molar-refractivity contribution in [3.63, 3.8) is 0 Å². The summed E-state index contributed by atoms with van der Waals surface area (Å²) in [5, 5.41) is 0.0709. The summed E-state index contributed by atoms with van der Waals surface area (Å²) < 4.78 is 11.3. The van der Waals surface area contributed by atoms with Crippen LogP contribution in [0.1, 0.15) is 26.7 Å². The molecule has 0 aromatic heterocycles. The summed E-state index contributed by atoms with van der Waals surface area (Å²) in [6.45, 7) is 9.60. The predicted octanol–water partition coefficient (Wildman–Crippen LogP) is 3.15. The maximum absolute atomic E-state index is 5.79. The van der Waals surface area contributed by atoms with E-state index in [-0.39, 0.29) is 5.38 Å². The summed E-state index contributed by atoms with van der Waals surface area (Å²) in [6.07, 6.45) is 2.27. The molecule has 0 N–H and O–H groups in total. The van der Waals surface area contributed by atoms with Gasteiger partial charge in [0, 0.05) is 6.61 Å². The van der Waals surface area contributed by atoms with Gasteiger partial charge in [-0.05, 0) is 26.4 Å². The summed E-state index contributed by atoms with van der Waals surface area (Å²) in [5.41, 5.74) is 0. The van der Waals surface area contributed by atoms with Gasteiger partial charge in [-0.25, -0.2) is 0 Å². The van der Waals surface area contributed by atoms with Crippen molar-refractivity contribution in [3.05, 3.63) is 0 Å². The SMILES string of the molecule is CCCCO[Si](C)(C)OCC(C)Cl. The Labute approximate surface area is 87.8 Å². The molecule has 0 spiro atoms. The van der Waals surface area contributed by atoms with E-state index in [0.717, 1.165) is 19.4 Å². The van der Waals surface area contributed by atoms with Crippen LogP contribution in [-0.2, 0) is 8.85 Å². The molecule has 4 heteroatoms. The molecular weight excluding hydrogens is 204 g/mol. The number of unbranched alkanes of at least 4 members (excludes halogenated alkanes) is 1. The zero-order chi connectivity index (χ0) is 10.3. The molecule has 0 aromatic carbocycles. The molecule has 2 nitrogen and oxygen atoms in total. The molecule has 0 aliphatic rings. The topological polar surface area (TPSA) is 18.5 Å². The van der Waals surface area contributed by atoms with Gasteiger partial charge in [-0.2, -0.15) is 0 Å². The molecule has 80 valence electrons. The minimum Gasteiger partial charge on any atom is -0.395 e. The first-order chi connectivity index (χ1) is 5.98. The van der Waals surface area contributed by atoms with Crippen LogP contribution >= 0.6 is 11.6 Å². The van der Waals surface area contributed by atoms with Crippen molar-refractivity contribution in [3.8, 4) is 0 Å². The van der Waals surface area contributed by atoms with Crippen LogP contribution in [0.2, 0.25) is 13.1 Å². The second-order valence-corrected chi connectivity index (χ2v) is 7.82. The lowest BCUT2D eigenvalue weighted by Crippen LogP contribution is -2.36. The van der Waals surface area contributed by atoms with Crippen molar-refractivity contribution in [1.82, 2.24) is 0 Å². The van der Waals surface area contributed by atoms with Gasteiger partial charge in [-0.15, -0.1) is 11.6 Å². The molecule has 0 saturated carbocycles. The molecule has 0 aliphatic carbocycles. The molecule has 1 atom stereocenters. The largest absolute Gasteiger partial charge is 0.395 e. The highest BCUT2D eigenvalue weighted by Crippen LogP contribution is 2.09. The van der Waals surface area contributed by atoms with E-state index < -0.39 is 8.56 Å². The highest BCUT2D eigenvalue weighted by molar-refractivity contribution is 6.64. The van der Waals surface area contributed by atoms with E-state index in [1.165, 1.54) is 0 Å². The van der Waals surface area contributed by atoms with Gasteiger partial charge in [0.15, 0.2) is 0 Å². The van der Waals surface area contributed by atoms with Gasteiger partial charge in [0.2, 0.25) is 0 Å². The Hall–Kier alpha value is 0.427. The van der Waals surface area contributed by atoms with E-state index in [9.17, 15) is 0 Å². The molecular formula is C9H21ClO2Si. The summed E-state index contributed by atoms with van der Waals surface area (Å²) in [5.74, 6) is 0. The normalized spacial score (nSPS) is 14.5. The lowest BCUT2D eigenvalue weighted by molar-refractivity contribution is 0.178. The maximum Gasteiger partial charge on any atom is 0.331 e. The fraction of sp³-hybridized carbons (Fsp3) is 1.00. The van der Waals surface area contributed by atoms with Gasteiger partial charge in [-0.3, -0.25) is 0 Å². The second kappa shape index (κ2) is 6.82. The van der Waals surface area contributed by atoms with Crippen LogP contribution < -0.4 is 0 Å². The molecule has 1 unspecified atom stereocenters. The highest BCUT2D eigenvalue weighted by Gasteiger charge is 2.24. The Morgan fingerprint density at radius 2 is 1.92 bits per heavy atom. The van der Waals surface area contributed by atoms with Crippen molar-refractivity contribution in [1.29, 1.82) is 0 Å². The van der Waals surface area contributed by atoms with Crippen LogP contribution in [0.4, 0.5) is 0 Å². The second-order valence-electron chi connectivity index (χ2n) is 3.69. The third-order valence-corrected chi connectivity index (χ3v) is 3.50. The minimum absolute atomic E-state index is 0.0709. The van der Waals surface area contributed by atoms with Crippen LogP contribution in [0, 0.1) is 0 Å². The Kier molecular flexibility index (Phi) is 7.04. The number of hydrogen-bond acceptors (Lipinski definition) is 2. The van der Waals surface area contributed by atoms with Crippen molar-refractivity contribution in [2.45, 2.75) is 45.2 Å². The van der Waals surface area contributed by atoms with Crippen molar-refractivity contribution >= 4 is 20.2 Å². The Bertz CT molecular complexity index is 129. The van der Waals surface area contributed by atoms with Gasteiger partial charge >= 0.3 is 8.56 Å². The van der Waals surface area contributed by atoms with Crippen LogP contribution in [0.15, 0.2) is 0 Å². The third-order valence-electron chi connectivity index (χ3n) is 1.61. The Morgan fingerprint density at radius 3 is 2.38 bits per heavy atom. The number of halogens is 1. The van der Waals surface area contributed by atoms with Crippen LogP contribution in [0.5, 0.6) is 0 Å². The third kappa shape index (κ3) is 8.75. The zero-order valence-corrected chi connectivity index (χ0v) is 10.9. The van der Waals surface area contributed by atoms with E-state index >= 15 is 0 Å². The number of alkyl halides is 1. The molecule has 0 fully saturated rings. The van der Waals surface area contributed by atoms with Gasteiger partial charge in [0.1, 0.15) is 0 Å². The first-order valence-electron chi connectivity index (χ1n) is 4.90. The summed E-state index contributed by atoms with van der Waals surface area (Å²) in [7, 11) is -1.89. The van der Waals surface area contributed by atoms with Crippen LogP contribution in [0.25, 0.3) is 0 Å². The first-order valence-corrected chi connectivity index (χ1v) is 8.15. The van der Waals surface area contributed by atoms with E-state index in [2.05, 4.69) is 20.0 Å². The quantitative estimate of drug-likeness (QED) is 0.376. The zero-order valence-electron chi connectivity index (χ0n) is 9.10. The molecule has 0 amide bonds. The molecule has 0 bridgehead atoms. The summed E-state index contributed by atoms with van der Waals surface area (Å²) in [4.78, 5) is 0. The van der Waals surface area contributed by atoms with E-state index in [0.29, 0.717) is 6.61 Å². The van der Waals surface area contributed by atoms with Gasteiger partial charge in [0.25, 0.3) is 0 Å². The van der Waals surface area contributed by atoms with E-state index in [1.54, 1.807) is 0 Å². The lowest BCUT2D eigenvalue weighted by Gasteiger charge is -2.23. The van der Waals surface area contributed by atoms with E-state index in [4.69, 9.17) is 20.5 Å². The molecule has 0 rings (SSSR count). The standard InChI is InChI=1S/C9H21ClO2Si/c1-5-6-7-11-13(3,4)12-8-9(2)10/h9H,5-8H2,1-4H3. The molecule has 13 heavy (non-hydrogen) atoms. The smallest absolute Gasteiger partial charge is 0.331 e. The number of rotatable bonds is 7. The Morgan fingerprint density at radius 1 is 1.31 bits per heavy atom. The van der Waals surface area contributed by atoms with Gasteiger partial charge in [0.05, 0.1) is 12.0 Å². The average Bonchev–Trinajstić information content (AvgIpc) is 2.02. The van der Waals surface area contributed by atoms with E-state index in [1.807, 2.05) is 6.92 Å².